The third-order valence-electron chi connectivity index (χ3n) is 3.15. The zero-order chi connectivity index (χ0) is 16.7. The maximum absolute atomic E-state index is 13.2. The van der Waals surface area contributed by atoms with Crippen LogP contribution in [0.15, 0.2) is 24.4 Å². The molecule has 0 spiro atoms. The Morgan fingerprint density at radius 2 is 1.95 bits per heavy atom. The molecule has 0 bridgehead atoms. The zero-order valence-electron chi connectivity index (χ0n) is 11.2. The molecule has 0 unspecified atom stereocenters. The number of alkyl halides is 3. The molecule has 0 aliphatic carbocycles. The molecule has 0 fully saturated rings. The summed E-state index contributed by atoms with van der Waals surface area (Å²) in [6, 6.07) is 2.50. The lowest BCUT2D eigenvalue weighted by Gasteiger charge is -2.18. The lowest BCUT2D eigenvalue weighted by Crippen LogP contribution is -2.14. The van der Waals surface area contributed by atoms with Crippen molar-refractivity contribution in [3.8, 4) is 11.3 Å². The van der Waals surface area contributed by atoms with Gasteiger partial charge in [-0.1, -0.05) is 0 Å². The molecule has 1 heterocycles. The fourth-order valence-corrected chi connectivity index (χ4v) is 2.09. The van der Waals surface area contributed by atoms with E-state index >= 15 is 0 Å². The van der Waals surface area contributed by atoms with Crippen molar-refractivity contribution in [2.45, 2.75) is 13.1 Å². The number of rotatable bonds is 2. The van der Waals surface area contributed by atoms with Crippen LogP contribution in [0.3, 0.4) is 0 Å². The van der Waals surface area contributed by atoms with Gasteiger partial charge in [-0.2, -0.15) is 13.2 Å². The third kappa shape index (κ3) is 2.72. The van der Waals surface area contributed by atoms with Crippen LogP contribution in [0.4, 0.5) is 23.2 Å². The highest BCUT2D eigenvalue weighted by atomic mass is 19.4. The number of aromatic carboxylic acids is 1. The van der Waals surface area contributed by atoms with Crippen LogP contribution in [-0.4, -0.2) is 16.1 Å². The van der Waals surface area contributed by atoms with Crippen LogP contribution in [0.5, 0.6) is 0 Å². The summed E-state index contributed by atoms with van der Waals surface area (Å²) < 4.78 is 52.6. The molecule has 1 aromatic heterocycles. The number of carbonyl (C=O) groups is 1. The largest absolute Gasteiger partial charge is 0.478 e. The van der Waals surface area contributed by atoms with Gasteiger partial charge in [0, 0.05) is 11.3 Å². The number of carboxylic acid groups (broad SMARTS) is 1. The molecule has 2 rings (SSSR count). The van der Waals surface area contributed by atoms with E-state index in [0.717, 1.165) is 18.3 Å². The number of aromatic nitrogens is 1. The number of benzene rings is 1. The summed E-state index contributed by atoms with van der Waals surface area (Å²) in [5.74, 6) is -2.27. The molecule has 0 amide bonds. The molecule has 8 heteroatoms. The van der Waals surface area contributed by atoms with E-state index in [9.17, 15) is 22.4 Å². The van der Waals surface area contributed by atoms with E-state index < -0.39 is 29.1 Å². The molecule has 0 aliphatic heterocycles. The molecule has 0 saturated carbocycles. The number of nitrogens with zero attached hydrogens (tertiary/aromatic N) is 1. The minimum absolute atomic E-state index is 0.0775. The first-order valence-electron chi connectivity index (χ1n) is 5.98. The Morgan fingerprint density at radius 3 is 2.41 bits per heavy atom. The lowest BCUT2D eigenvalue weighted by molar-refractivity contribution is -0.137. The van der Waals surface area contributed by atoms with E-state index in [1.807, 2.05) is 0 Å². The number of pyridine rings is 1. The summed E-state index contributed by atoms with van der Waals surface area (Å²) in [6.07, 6.45) is -4.04. The van der Waals surface area contributed by atoms with E-state index in [4.69, 9.17) is 10.8 Å². The molecule has 0 aliphatic rings. The molecule has 1 aromatic carbocycles. The minimum atomic E-state index is -4.81. The van der Waals surface area contributed by atoms with E-state index in [1.54, 1.807) is 0 Å². The highest BCUT2D eigenvalue weighted by Gasteiger charge is 2.37. The SMILES string of the molecule is Cc1c(N)c(C(=O)O)cc(C(F)(F)F)c1-c1ccc(F)cn1. The highest BCUT2D eigenvalue weighted by molar-refractivity contribution is 5.97. The summed E-state index contributed by atoms with van der Waals surface area (Å²) in [5, 5.41) is 8.97. The highest BCUT2D eigenvalue weighted by Crippen LogP contribution is 2.41. The third-order valence-corrected chi connectivity index (χ3v) is 3.15. The van der Waals surface area contributed by atoms with Crippen LogP contribution >= 0.6 is 0 Å². The van der Waals surface area contributed by atoms with Crippen molar-refractivity contribution in [3.05, 3.63) is 46.9 Å². The Labute approximate surface area is 122 Å². The van der Waals surface area contributed by atoms with Crippen molar-refractivity contribution < 1.29 is 27.5 Å². The second-order valence-electron chi connectivity index (χ2n) is 4.55. The van der Waals surface area contributed by atoms with Gasteiger partial charge in [-0.05, 0) is 30.7 Å². The van der Waals surface area contributed by atoms with Crippen LogP contribution in [0, 0.1) is 12.7 Å². The first-order chi connectivity index (χ1) is 10.1. The molecule has 22 heavy (non-hydrogen) atoms. The van der Waals surface area contributed by atoms with Gasteiger partial charge < -0.3 is 10.8 Å². The van der Waals surface area contributed by atoms with E-state index in [2.05, 4.69) is 4.98 Å². The first-order valence-corrected chi connectivity index (χ1v) is 5.98. The standard InChI is InChI=1S/C14H10F4N2O2/c1-6-11(10-3-2-7(15)5-20-10)9(14(16,17)18)4-8(12(6)19)13(21)22/h2-5H,19H2,1H3,(H,21,22). The summed E-state index contributed by atoms with van der Waals surface area (Å²) in [4.78, 5) is 14.7. The fourth-order valence-electron chi connectivity index (χ4n) is 2.09. The second kappa shape index (κ2) is 5.28. The van der Waals surface area contributed by atoms with Crippen LogP contribution < -0.4 is 5.73 Å². The molecule has 2 aromatic rings. The Hall–Kier alpha value is -2.64. The van der Waals surface area contributed by atoms with Gasteiger partial charge in [0.1, 0.15) is 5.82 Å². The average Bonchev–Trinajstić information content (AvgIpc) is 2.41. The predicted octanol–water partition coefficient (Wildman–Crippen LogP) is 3.50. The van der Waals surface area contributed by atoms with E-state index in [1.165, 1.54) is 6.92 Å². The summed E-state index contributed by atoms with van der Waals surface area (Å²) in [5.41, 5.74) is 2.91. The number of anilines is 1. The maximum atomic E-state index is 13.2. The number of halogens is 4. The topological polar surface area (TPSA) is 76.2 Å². The van der Waals surface area contributed by atoms with Crippen LogP contribution in [-0.2, 0) is 6.18 Å². The molecule has 0 atom stereocenters. The number of nitrogens with two attached hydrogens (primary N) is 1. The molecule has 4 nitrogen and oxygen atoms in total. The molecule has 0 radical (unpaired) electrons. The van der Waals surface area contributed by atoms with Gasteiger partial charge in [0.25, 0.3) is 0 Å². The van der Waals surface area contributed by atoms with Gasteiger partial charge in [-0.3, -0.25) is 4.98 Å². The minimum Gasteiger partial charge on any atom is -0.478 e. The van der Waals surface area contributed by atoms with Gasteiger partial charge in [-0.25, -0.2) is 9.18 Å². The van der Waals surface area contributed by atoms with Crippen molar-refractivity contribution in [1.29, 1.82) is 0 Å². The Morgan fingerprint density at radius 1 is 1.32 bits per heavy atom. The summed E-state index contributed by atoms with van der Waals surface area (Å²) >= 11 is 0. The summed E-state index contributed by atoms with van der Waals surface area (Å²) in [7, 11) is 0. The van der Waals surface area contributed by atoms with Gasteiger partial charge in [0.05, 0.1) is 23.0 Å². The van der Waals surface area contributed by atoms with Crippen molar-refractivity contribution in [2.24, 2.45) is 0 Å². The van der Waals surface area contributed by atoms with Gasteiger partial charge in [0.2, 0.25) is 0 Å². The lowest BCUT2D eigenvalue weighted by atomic mass is 9.93. The number of nitrogen functional groups attached to an aromatic ring is 1. The van der Waals surface area contributed by atoms with Crippen LogP contribution in [0.2, 0.25) is 0 Å². The van der Waals surface area contributed by atoms with E-state index in [0.29, 0.717) is 6.07 Å². The van der Waals surface area contributed by atoms with Crippen molar-refractivity contribution in [3.63, 3.8) is 0 Å². The van der Waals surface area contributed by atoms with Crippen LogP contribution in [0.1, 0.15) is 21.5 Å². The molecule has 3 N–H and O–H groups in total. The van der Waals surface area contributed by atoms with Crippen molar-refractivity contribution in [1.82, 2.24) is 4.98 Å². The molecule has 0 saturated heterocycles. The normalized spacial score (nSPS) is 11.5. The predicted molar refractivity (Wildman–Crippen MR) is 70.7 cm³/mol. The number of hydrogen-bond acceptors (Lipinski definition) is 3. The van der Waals surface area contributed by atoms with Gasteiger partial charge in [-0.15, -0.1) is 0 Å². The second-order valence-corrected chi connectivity index (χ2v) is 4.55. The smallest absolute Gasteiger partial charge is 0.417 e. The van der Waals surface area contributed by atoms with Crippen molar-refractivity contribution in [2.75, 3.05) is 5.73 Å². The average molecular weight is 314 g/mol. The molecular formula is C14H10F4N2O2. The van der Waals surface area contributed by atoms with E-state index in [-0.39, 0.29) is 22.5 Å². The van der Waals surface area contributed by atoms with Crippen molar-refractivity contribution >= 4 is 11.7 Å². The molecular weight excluding hydrogens is 304 g/mol. The maximum Gasteiger partial charge on any atom is 0.417 e. The number of carboxylic acids is 1. The van der Waals surface area contributed by atoms with Gasteiger partial charge >= 0.3 is 12.1 Å². The quantitative estimate of drug-likeness (QED) is 0.657. The van der Waals surface area contributed by atoms with Crippen LogP contribution in [0.25, 0.3) is 11.3 Å². The fraction of sp³-hybridized carbons (Fsp3) is 0.143. The molecule has 116 valence electrons. The zero-order valence-corrected chi connectivity index (χ0v) is 11.2. The monoisotopic (exact) mass is 314 g/mol. The Kier molecular flexibility index (Phi) is 3.78. The Bertz CT molecular complexity index is 740. The Balaban J connectivity index is 2.85. The summed E-state index contributed by atoms with van der Waals surface area (Å²) in [6.45, 7) is 1.26. The van der Waals surface area contributed by atoms with Gasteiger partial charge in [0.15, 0.2) is 0 Å². The number of hydrogen-bond donors (Lipinski definition) is 2. The first kappa shape index (κ1) is 15.7.